The van der Waals surface area contributed by atoms with E-state index in [0.717, 1.165) is 32.1 Å². The van der Waals surface area contributed by atoms with Crippen molar-refractivity contribution in [3.63, 3.8) is 0 Å². The van der Waals surface area contributed by atoms with Crippen LogP contribution in [0.15, 0.2) is 12.7 Å². The lowest BCUT2D eigenvalue weighted by Gasteiger charge is -2.07. The Morgan fingerprint density at radius 3 is 2.12 bits per heavy atom. The molecule has 0 unspecified atom stereocenters. The highest BCUT2D eigenvalue weighted by atomic mass is 16.1. The maximum Gasteiger partial charge on any atom is 0.220 e. The molecule has 3 heteroatoms. The number of allylic oxidation sites excluding steroid dienone is 1. The molecule has 1 amide bonds. The molecule has 0 aliphatic heterocycles. The van der Waals surface area contributed by atoms with Gasteiger partial charge in [0.15, 0.2) is 5.78 Å². The van der Waals surface area contributed by atoms with E-state index in [-0.39, 0.29) is 17.7 Å². The lowest BCUT2D eigenvalue weighted by molar-refractivity contribution is -0.121. The quantitative estimate of drug-likeness (QED) is 0.470. The van der Waals surface area contributed by atoms with Gasteiger partial charge in [0.25, 0.3) is 0 Å². The van der Waals surface area contributed by atoms with E-state index >= 15 is 0 Å². The van der Waals surface area contributed by atoms with Crippen molar-refractivity contribution in [3.8, 4) is 0 Å². The van der Waals surface area contributed by atoms with Crippen LogP contribution < -0.4 is 5.32 Å². The van der Waals surface area contributed by atoms with Crippen LogP contribution in [0.4, 0.5) is 0 Å². The number of amides is 1. The minimum atomic E-state index is 0.126. The first-order valence-electron chi connectivity index (χ1n) is 6.51. The van der Waals surface area contributed by atoms with Crippen molar-refractivity contribution in [3.05, 3.63) is 12.7 Å². The van der Waals surface area contributed by atoms with E-state index in [9.17, 15) is 9.59 Å². The molecular formula is C14H25NO2. The molecule has 98 valence electrons. The van der Waals surface area contributed by atoms with E-state index in [1.165, 1.54) is 6.08 Å². The highest BCUT2D eigenvalue weighted by molar-refractivity contribution is 5.88. The summed E-state index contributed by atoms with van der Waals surface area (Å²) in [7, 11) is 0. The summed E-state index contributed by atoms with van der Waals surface area (Å²) in [6.45, 7) is 7.37. The standard InChI is InChI=1S/C14H25NO2/c1-4-13(16)10-8-6-5-7-9-11-14(17)15-12(2)3/h4,12H,1,5-11H2,2-3H3,(H,15,17). The molecule has 0 aliphatic rings. The third-order valence-electron chi connectivity index (χ3n) is 2.50. The van der Waals surface area contributed by atoms with Crippen LogP contribution in [0.2, 0.25) is 0 Å². The Hall–Kier alpha value is -1.12. The minimum absolute atomic E-state index is 0.126. The molecule has 17 heavy (non-hydrogen) atoms. The first-order valence-corrected chi connectivity index (χ1v) is 6.51. The molecule has 0 aromatic carbocycles. The van der Waals surface area contributed by atoms with Gasteiger partial charge in [0.2, 0.25) is 5.91 Å². The van der Waals surface area contributed by atoms with Gasteiger partial charge in [-0.2, -0.15) is 0 Å². The van der Waals surface area contributed by atoms with Gasteiger partial charge in [0, 0.05) is 18.9 Å². The largest absolute Gasteiger partial charge is 0.354 e. The molecule has 0 saturated carbocycles. The zero-order valence-electron chi connectivity index (χ0n) is 11.1. The van der Waals surface area contributed by atoms with Crippen molar-refractivity contribution in [2.24, 2.45) is 0 Å². The van der Waals surface area contributed by atoms with E-state index in [0.29, 0.717) is 12.8 Å². The summed E-state index contributed by atoms with van der Waals surface area (Å²) < 4.78 is 0. The van der Waals surface area contributed by atoms with Crippen molar-refractivity contribution in [1.29, 1.82) is 0 Å². The molecule has 0 spiro atoms. The molecule has 3 nitrogen and oxygen atoms in total. The number of unbranched alkanes of at least 4 members (excludes halogenated alkanes) is 4. The zero-order valence-corrected chi connectivity index (χ0v) is 11.1. The second kappa shape index (κ2) is 10.1. The fraction of sp³-hybridized carbons (Fsp3) is 0.714. The summed E-state index contributed by atoms with van der Waals surface area (Å²) in [4.78, 5) is 22.2. The summed E-state index contributed by atoms with van der Waals surface area (Å²) in [6, 6.07) is 0.229. The van der Waals surface area contributed by atoms with Crippen LogP contribution in [0.3, 0.4) is 0 Å². The Labute approximate surface area is 105 Å². The van der Waals surface area contributed by atoms with Crippen molar-refractivity contribution in [1.82, 2.24) is 5.32 Å². The molecular weight excluding hydrogens is 214 g/mol. The second-order valence-corrected chi connectivity index (χ2v) is 4.66. The van der Waals surface area contributed by atoms with Gasteiger partial charge in [0.05, 0.1) is 0 Å². The molecule has 0 atom stereocenters. The predicted molar refractivity (Wildman–Crippen MR) is 70.8 cm³/mol. The molecule has 0 bridgehead atoms. The number of hydrogen-bond acceptors (Lipinski definition) is 2. The first-order chi connectivity index (χ1) is 8.06. The lowest BCUT2D eigenvalue weighted by Crippen LogP contribution is -2.29. The van der Waals surface area contributed by atoms with Crippen LogP contribution in [0, 0.1) is 0 Å². The van der Waals surface area contributed by atoms with Gasteiger partial charge in [-0.25, -0.2) is 0 Å². The highest BCUT2D eigenvalue weighted by Crippen LogP contribution is 2.07. The Morgan fingerprint density at radius 2 is 1.59 bits per heavy atom. The average Bonchev–Trinajstić information content (AvgIpc) is 2.26. The van der Waals surface area contributed by atoms with Crippen molar-refractivity contribution in [2.45, 2.75) is 64.8 Å². The molecule has 0 aliphatic carbocycles. The fourth-order valence-electron chi connectivity index (χ4n) is 1.61. The predicted octanol–water partition coefficient (Wildman–Crippen LogP) is 3.00. The van der Waals surface area contributed by atoms with E-state index in [1.807, 2.05) is 13.8 Å². The molecule has 0 rings (SSSR count). The van der Waals surface area contributed by atoms with E-state index in [1.54, 1.807) is 0 Å². The first kappa shape index (κ1) is 15.9. The van der Waals surface area contributed by atoms with Crippen LogP contribution in [-0.2, 0) is 9.59 Å². The van der Waals surface area contributed by atoms with E-state index < -0.39 is 0 Å². The number of nitrogens with one attached hydrogen (secondary N) is 1. The van der Waals surface area contributed by atoms with Gasteiger partial charge in [-0.3, -0.25) is 9.59 Å². The number of rotatable bonds is 10. The van der Waals surface area contributed by atoms with Crippen LogP contribution in [0.25, 0.3) is 0 Å². The summed E-state index contributed by atoms with van der Waals surface area (Å²) >= 11 is 0. The summed E-state index contributed by atoms with van der Waals surface area (Å²) in [5, 5.41) is 2.87. The average molecular weight is 239 g/mol. The number of carbonyl (C=O) groups is 2. The SMILES string of the molecule is C=CC(=O)CCCCCCCC(=O)NC(C)C. The molecule has 1 N–H and O–H groups in total. The summed E-state index contributed by atoms with van der Waals surface area (Å²) in [6.07, 6.45) is 7.70. The Bertz CT molecular complexity index is 247. The van der Waals surface area contributed by atoms with Gasteiger partial charge in [0.1, 0.15) is 0 Å². The molecule has 0 fully saturated rings. The monoisotopic (exact) mass is 239 g/mol. The number of carbonyl (C=O) groups excluding carboxylic acids is 2. The second-order valence-electron chi connectivity index (χ2n) is 4.66. The lowest BCUT2D eigenvalue weighted by atomic mass is 10.1. The van der Waals surface area contributed by atoms with Gasteiger partial charge in [-0.15, -0.1) is 0 Å². The number of ketones is 1. The summed E-state index contributed by atoms with van der Waals surface area (Å²) in [5.41, 5.74) is 0. The summed E-state index contributed by atoms with van der Waals surface area (Å²) in [5.74, 6) is 0.267. The fourth-order valence-corrected chi connectivity index (χ4v) is 1.61. The topological polar surface area (TPSA) is 46.2 Å². The maximum absolute atomic E-state index is 11.3. The third-order valence-corrected chi connectivity index (χ3v) is 2.50. The van der Waals surface area contributed by atoms with Gasteiger partial charge in [-0.1, -0.05) is 25.8 Å². The Balaban J connectivity index is 3.26. The van der Waals surface area contributed by atoms with Crippen LogP contribution in [0.5, 0.6) is 0 Å². The minimum Gasteiger partial charge on any atom is -0.354 e. The van der Waals surface area contributed by atoms with Gasteiger partial charge >= 0.3 is 0 Å². The smallest absolute Gasteiger partial charge is 0.220 e. The maximum atomic E-state index is 11.3. The van der Waals surface area contributed by atoms with E-state index in [2.05, 4.69) is 11.9 Å². The van der Waals surface area contributed by atoms with Crippen LogP contribution in [0.1, 0.15) is 58.8 Å². The van der Waals surface area contributed by atoms with Crippen molar-refractivity contribution < 1.29 is 9.59 Å². The molecule has 0 radical (unpaired) electrons. The molecule has 0 aromatic rings. The van der Waals surface area contributed by atoms with Crippen LogP contribution >= 0.6 is 0 Å². The normalized spacial score (nSPS) is 10.3. The van der Waals surface area contributed by atoms with Gasteiger partial charge < -0.3 is 5.32 Å². The van der Waals surface area contributed by atoms with Crippen molar-refractivity contribution >= 4 is 11.7 Å². The number of hydrogen-bond donors (Lipinski definition) is 1. The third kappa shape index (κ3) is 11.1. The Kier molecular flexibility index (Phi) is 9.40. The molecule has 0 saturated heterocycles. The van der Waals surface area contributed by atoms with E-state index in [4.69, 9.17) is 0 Å². The van der Waals surface area contributed by atoms with Crippen LogP contribution in [-0.4, -0.2) is 17.7 Å². The molecule has 0 aromatic heterocycles. The highest BCUT2D eigenvalue weighted by Gasteiger charge is 2.02. The molecule has 0 heterocycles. The zero-order chi connectivity index (χ0) is 13.1. The van der Waals surface area contributed by atoms with Crippen molar-refractivity contribution in [2.75, 3.05) is 0 Å². The van der Waals surface area contributed by atoms with Gasteiger partial charge in [-0.05, 0) is 32.8 Å². The Morgan fingerprint density at radius 1 is 1.06 bits per heavy atom.